The van der Waals surface area contributed by atoms with E-state index >= 15 is 0 Å². The molecule has 0 atom stereocenters. The quantitative estimate of drug-likeness (QED) is 0.698. The Bertz CT molecular complexity index is 994. The third-order valence-electron chi connectivity index (χ3n) is 4.48. The van der Waals surface area contributed by atoms with E-state index in [4.69, 9.17) is 0 Å². The van der Waals surface area contributed by atoms with Crippen molar-refractivity contribution >= 4 is 33.4 Å². The summed E-state index contributed by atoms with van der Waals surface area (Å²) in [5.41, 5.74) is 0.357. The number of sulfonamides is 1. The van der Waals surface area contributed by atoms with E-state index < -0.39 is 21.7 Å². The minimum absolute atomic E-state index is 0.0273. The second-order valence-electron chi connectivity index (χ2n) is 6.65. The summed E-state index contributed by atoms with van der Waals surface area (Å²) in [6.45, 7) is 2.16. The Hall–Kier alpha value is -2.01. The fourth-order valence-electron chi connectivity index (χ4n) is 2.82. The highest BCUT2D eigenvalue weighted by Gasteiger charge is 2.27. The number of nitrogens with zero attached hydrogens (tertiary/aromatic N) is 2. The van der Waals surface area contributed by atoms with Gasteiger partial charge in [0.1, 0.15) is 0 Å². The molecule has 1 fully saturated rings. The first-order valence-electron chi connectivity index (χ1n) is 8.92. The lowest BCUT2D eigenvalue weighted by atomic mass is 10.3. The van der Waals surface area contributed by atoms with Crippen LogP contribution >= 0.6 is 11.8 Å². The Morgan fingerprint density at radius 3 is 2.48 bits per heavy atom. The van der Waals surface area contributed by atoms with Gasteiger partial charge in [-0.3, -0.25) is 4.79 Å². The average molecular weight is 442 g/mol. The third kappa shape index (κ3) is 5.53. The van der Waals surface area contributed by atoms with Crippen LogP contribution in [-0.4, -0.2) is 62.5 Å². The topological polar surface area (TPSA) is 69.7 Å². The van der Waals surface area contributed by atoms with E-state index in [0.29, 0.717) is 36.8 Å². The summed E-state index contributed by atoms with van der Waals surface area (Å²) in [7, 11) is -1.69. The molecule has 1 aliphatic heterocycles. The molecular weight excluding hydrogens is 420 g/mol. The smallest absolute Gasteiger partial charge is 0.243 e. The van der Waals surface area contributed by atoms with Gasteiger partial charge in [0.05, 0.1) is 10.6 Å². The molecular formula is C19H21F2N3O3S2. The molecule has 0 spiro atoms. The van der Waals surface area contributed by atoms with Crippen LogP contribution in [0.15, 0.2) is 52.3 Å². The molecule has 2 aromatic carbocycles. The minimum Gasteiger partial charge on any atom is -0.325 e. The zero-order valence-electron chi connectivity index (χ0n) is 15.8. The molecule has 1 heterocycles. The van der Waals surface area contributed by atoms with E-state index in [0.717, 1.165) is 23.9 Å². The van der Waals surface area contributed by atoms with Crippen LogP contribution in [0.3, 0.4) is 0 Å². The van der Waals surface area contributed by atoms with Crippen molar-refractivity contribution in [2.45, 2.75) is 9.79 Å². The Morgan fingerprint density at radius 1 is 1.07 bits per heavy atom. The van der Waals surface area contributed by atoms with Crippen molar-refractivity contribution in [1.82, 2.24) is 9.21 Å². The summed E-state index contributed by atoms with van der Waals surface area (Å²) >= 11 is 1.05. The monoisotopic (exact) mass is 441 g/mol. The highest BCUT2D eigenvalue weighted by atomic mass is 32.2. The molecule has 156 valence electrons. The molecule has 1 N–H and O–H groups in total. The van der Waals surface area contributed by atoms with Crippen molar-refractivity contribution in [2.24, 2.45) is 0 Å². The number of anilines is 1. The normalized spacial score (nSPS) is 16.0. The van der Waals surface area contributed by atoms with Crippen LogP contribution < -0.4 is 5.32 Å². The van der Waals surface area contributed by atoms with Gasteiger partial charge in [0.2, 0.25) is 15.9 Å². The maximum Gasteiger partial charge on any atom is 0.243 e. The lowest BCUT2D eigenvalue weighted by molar-refractivity contribution is -0.113. The molecule has 2 aromatic rings. The molecule has 0 bridgehead atoms. The molecule has 0 radical (unpaired) electrons. The number of halogens is 2. The van der Waals surface area contributed by atoms with Crippen LogP contribution in [0.2, 0.25) is 0 Å². The van der Waals surface area contributed by atoms with Crippen molar-refractivity contribution in [2.75, 3.05) is 44.3 Å². The average Bonchev–Trinajstić information content (AvgIpc) is 2.69. The van der Waals surface area contributed by atoms with Crippen molar-refractivity contribution in [3.8, 4) is 0 Å². The predicted octanol–water partition coefficient (Wildman–Crippen LogP) is 2.63. The van der Waals surface area contributed by atoms with E-state index in [1.54, 1.807) is 12.1 Å². The molecule has 1 amide bonds. The molecule has 0 aromatic heterocycles. The van der Waals surface area contributed by atoms with Gasteiger partial charge < -0.3 is 10.2 Å². The van der Waals surface area contributed by atoms with E-state index in [1.165, 1.54) is 22.5 Å². The third-order valence-corrected chi connectivity index (χ3v) is 7.37. The van der Waals surface area contributed by atoms with Crippen LogP contribution in [0.25, 0.3) is 0 Å². The fraction of sp³-hybridized carbons (Fsp3) is 0.316. The molecule has 0 saturated carbocycles. The van der Waals surface area contributed by atoms with Gasteiger partial charge in [0, 0.05) is 36.8 Å². The first kappa shape index (κ1) is 21.7. The summed E-state index contributed by atoms with van der Waals surface area (Å²) < 4.78 is 53.3. The number of likely N-dealkylation sites (N-methyl/N-ethyl adjacent to an activating group) is 1. The summed E-state index contributed by atoms with van der Waals surface area (Å²) in [6.07, 6.45) is 0. The predicted molar refractivity (Wildman–Crippen MR) is 108 cm³/mol. The van der Waals surface area contributed by atoms with Crippen LogP contribution in [-0.2, 0) is 14.8 Å². The summed E-state index contributed by atoms with van der Waals surface area (Å²) in [4.78, 5) is 14.8. The number of carbonyl (C=O) groups is 1. The van der Waals surface area contributed by atoms with Crippen LogP contribution in [0.1, 0.15) is 0 Å². The first-order valence-corrected chi connectivity index (χ1v) is 11.3. The number of hydrogen-bond donors (Lipinski definition) is 1. The highest BCUT2D eigenvalue weighted by Crippen LogP contribution is 2.23. The molecule has 0 aliphatic carbocycles. The molecule has 1 saturated heterocycles. The van der Waals surface area contributed by atoms with Crippen molar-refractivity contribution in [3.63, 3.8) is 0 Å². The van der Waals surface area contributed by atoms with Gasteiger partial charge in [-0.05, 0) is 43.4 Å². The van der Waals surface area contributed by atoms with E-state index in [1.807, 2.05) is 7.05 Å². The SMILES string of the molecule is CN1CCN(S(=O)(=O)c2cccc(NC(=O)CSc3ccc(F)c(F)c3)c2)CC1. The summed E-state index contributed by atoms with van der Waals surface area (Å²) in [6, 6.07) is 9.51. The zero-order chi connectivity index (χ0) is 21.0. The maximum absolute atomic E-state index is 13.2. The molecule has 3 rings (SSSR count). The van der Waals surface area contributed by atoms with Gasteiger partial charge in [0.15, 0.2) is 11.6 Å². The van der Waals surface area contributed by atoms with E-state index in [9.17, 15) is 22.0 Å². The lowest BCUT2D eigenvalue weighted by Gasteiger charge is -2.31. The first-order chi connectivity index (χ1) is 13.8. The van der Waals surface area contributed by atoms with Gasteiger partial charge in [-0.2, -0.15) is 4.31 Å². The van der Waals surface area contributed by atoms with Gasteiger partial charge in [-0.25, -0.2) is 17.2 Å². The number of carbonyl (C=O) groups excluding carboxylic acids is 1. The Kier molecular flexibility index (Phi) is 6.89. The number of thioether (sulfide) groups is 1. The highest BCUT2D eigenvalue weighted by molar-refractivity contribution is 8.00. The second kappa shape index (κ2) is 9.21. The second-order valence-corrected chi connectivity index (χ2v) is 9.63. The van der Waals surface area contributed by atoms with E-state index in [2.05, 4.69) is 10.2 Å². The number of hydrogen-bond acceptors (Lipinski definition) is 5. The number of benzene rings is 2. The molecule has 0 unspecified atom stereocenters. The van der Waals surface area contributed by atoms with Gasteiger partial charge >= 0.3 is 0 Å². The van der Waals surface area contributed by atoms with Gasteiger partial charge in [-0.1, -0.05) is 6.07 Å². The van der Waals surface area contributed by atoms with E-state index in [-0.39, 0.29) is 16.6 Å². The standard InChI is InChI=1S/C19H21F2N3O3S2/c1-23-7-9-24(10-8-23)29(26,27)16-4-2-3-14(11-16)22-19(25)13-28-15-5-6-17(20)18(21)12-15/h2-6,11-12H,7-10,13H2,1H3,(H,22,25). The lowest BCUT2D eigenvalue weighted by Crippen LogP contribution is -2.47. The van der Waals surface area contributed by atoms with Crippen LogP contribution in [0, 0.1) is 11.6 Å². The van der Waals surface area contributed by atoms with Crippen molar-refractivity contribution < 1.29 is 22.0 Å². The summed E-state index contributed by atoms with van der Waals surface area (Å²) in [5.74, 6) is -2.33. The number of piperazine rings is 1. The number of amides is 1. The van der Waals surface area contributed by atoms with Crippen molar-refractivity contribution in [3.05, 3.63) is 54.1 Å². The minimum atomic E-state index is -3.63. The Balaban J connectivity index is 1.63. The molecule has 29 heavy (non-hydrogen) atoms. The largest absolute Gasteiger partial charge is 0.325 e. The Labute approximate surface area is 172 Å². The molecule has 6 nitrogen and oxygen atoms in total. The maximum atomic E-state index is 13.2. The van der Waals surface area contributed by atoms with Crippen LogP contribution in [0.4, 0.5) is 14.5 Å². The number of nitrogens with one attached hydrogen (secondary N) is 1. The van der Waals surface area contributed by atoms with Gasteiger partial charge in [0.25, 0.3) is 0 Å². The van der Waals surface area contributed by atoms with Gasteiger partial charge in [-0.15, -0.1) is 11.8 Å². The fourth-order valence-corrected chi connectivity index (χ4v) is 5.01. The molecule has 1 aliphatic rings. The van der Waals surface area contributed by atoms with Crippen molar-refractivity contribution in [1.29, 1.82) is 0 Å². The molecule has 10 heteroatoms. The number of rotatable bonds is 6. The van der Waals surface area contributed by atoms with Crippen LogP contribution in [0.5, 0.6) is 0 Å². The Morgan fingerprint density at radius 2 is 1.79 bits per heavy atom. The zero-order valence-corrected chi connectivity index (χ0v) is 17.4. The summed E-state index contributed by atoms with van der Waals surface area (Å²) in [5, 5.41) is 2.64.